The Morgan fingerprint density at radius 2 is 2.04 bits per heavy atom. The zero-order valence-electron chi connectivity index (χ0n) is 17.1. The quantitative estimate of drug-likeness (QED) is 0.383. The van der Waals surface area contributed by atoms with E-state index in [0.29, 0.717) is 18.8 Å². The molecule has 0 spiro atoms. The Hall–Kier alpha value is -2.34. The molecule has 1 aromatic rings. The summed E-state index contributed by atoms with van der Waals surface area (Å²) in [7, 11) is 0. The number of rotatable bonds is 9. The second kappa shape index (κ2) is 12.2. The van der Waals surface area contributed by atoms with E-state index in [0.717, 1.165) is 30.9 Å². The summed E-state index contributed by atoms with van der Waals surface area (Å²) < 4.78 is 4.84. The van der Waals surface area contributed by atoms with Gasteiger partial charge < -0.3 is 20.3 Å². The highest BCUT2D eigenvalue weighted by molar-refractivity contribution is 5.90. The van der Waals surface area contributed by atoms with Crippen molar-refractivity contribution in [3.63, 3.8) is 0 Å². The van der Waals surface area contributed by atoms with Crippen LogP contribution < -0.4 is 10.6 Å². The minimum absolute atomic E-state index is 0.193. The maximum absolute atomic E-state index is 12.0. The number of nitrogens with one attached hydrogen (secondary N) is 2. The van der Waals surface area contributed by atoms with Crippen LogP contribution in [0, 0.1) is 5.92 Å². The number of unbranched alkanes of at least 4 members (excludes halogenated alkanes) is 1. The first-order valence-corrected chi connectivity index (χ1v) is 10.3. The van der Waals surface area contributed by atoms with Crippen LogP contribution in [0.15, 0.2) is 30.3 Å². The highest BCUT2D eigenvalue weighted by atomic mass is 16.5. The summed E-state index contributed by atoms with van der Waals surface area (Å²) in [5.41, 5.74) is 1.58. The summed E-state index contributed by atoms with van der Waals surface area (Å²) in [5, 5.41) is 5.73. The molecule has 1 aliphatic heterocycles. The molecule has 2 rings (SSSR count). The van der Waals surface area contributed by atoms with Crippen LogP contribution in [0.4, 0.5) is 10.5 Å². The fraction of sp³-hybridized carbons (Fsp3) is 0.545. The van der Waals surface area contributed by atoms with E-state index in [2.05, 4.69) is 22.5 Å². The number of likely N-dealkylation sites (tertiary alicyclic amines) is 1. The molecule has 1 atom stereocenters. The van der Waals surface area contributed by atoms with Crippen LogP contribution in [0.5, 0.6) is 0 Å². The molecule has 0 aliphatic carbocycles. The Balaban J connectivity index is 1.61. The van der Waals surface area contributed by atoms with E-state index in [-0.39, 0.29) is 12.0 Å². The number of amides is 2. The minimum atomic E-state index is -0.362. The number of nitrogens with zero attached hydrogens (tertiary/aromatic N) is 1. The van der Waals surface area contributed by atoms with Gasteiger partial charge in [0.2, 0.25) is 0 Å². The van der Waals surface area contributed by atoms with Crippen LogP contribution in [0.25, 0.3) is 6.08 Å². The van der Waals surface area contributed by atoms with Crippen LogP contribution in [-0.2, 0) is 9.53 Å². The number of carbonyl (C=O) groups is 2. The van der Waals surface area contributed by atoms with Crippen LogP contribution in [0.2, 0.25) is 0 Å². The first kappa shape index (κ1) is 22.0. The third-order valence-corrected chi connectivity index (χ3v) is 4.79. The van der Waals surface area contributed by atoms with Gasteiger partial charge in [0.1, 0.15) is 0 Å². The van der Waals surface area contributed by atoms with E-state index in [9.17, 15) is 9.59 Å². The Bertz CT molecular complexity index is 643. The molecule has 1 heterocycles. The second-order valence-corrected chi connectivity index (χ2v) is 7.34. The van der Waals surface area contributed by atoms with Gasteiger partial charge in [0.05, 0.1) is 6.61 Å². The average molecular weight is 388 g/mol. The fourth-order valence-corrected chi connectivity index (χ4v) is 3.36. The van der Waals surface area contributed by atoms with E-state index < -0.39 is 0 Å². The minimum Gasteiger partial charge on any atom is -0.463 e. The van der Waals surface area contributed by atoms with Gasteiger partial charge in [-0.05, 0) is 75.4 Å². The topological polar surface area (TPSA) is 70.7 Å². The summed E-state index contributed by atoms with van der Waals surface area (Å²) >= 11 is 0. The molecule has 0 aromatic heterocycles. The molecule has 2 N–H and O–H groups in total. The maximum atomic E-state index is 12.0. The predicted octanol–water partition coefficient (Wildman–Crippen LogP) is 3.90. The van der Waals surface area contributed by atoms with Gasteiger partial charge in [0, 0.05) is 24.9 Å². The highest BCUT2D eigenvalue weighted by Crippen LogP contribution is 2.15. The van der Waals surface area contributed by atoms with E-state index in [1.54, 1.807) is 13.0 Å². The van der Waals surface area contributed by atoms with E-state index >= 15 is 0 Å². The Morgan fingerprint density at radius 3 is 2.75 bits per heavy atom. The van der Waals surface area contributed by atoms with Gasteiger partial charge in [-0.15, -0.1) is 0 Å². The normalized spacial score (nSPS) is 17.4. The third kappa shape index (κ3) is 8.57. The van der Waals surface area contributed by atoms with Crippen LogP contribution in [0.3, 0.4) is 0 Å². The smallest absolute Gasteiger partial charge is 0.330 e. The van der Waals surface area contributed by atoms with Gasteiger partial charge in [-0.3, -0.25) is 0 Å². The molecule has 2 amide bonds. The maximum Gasteiger partial charge on any atom is 0.330 e. The lowest BCUT2D eigenvalue weighted by Crippen LogP contribution is -2.35. The summed E-state index contributed by atoms with van der Waals surface area (Å²) in [5.74, 6) is 0.448. The largest absolute Gasteiger partial charge is 0.463 e. The van der Waals surface area contributed by atoms with Crippen LogP contribution >= 0.6 is 0 Å². The zero-order valence-corrected chi connectivity index (χ0v) is 17.1. The SMILES string of the molecule is CCOC(=O)/C=C/c1ccc(NC(=O)NCCCCN2CCCC(C)C2)cc1. The molecule has 0 bridgehead atoms. The molecule has 0 radical (unpaired) electrons. The second-order valence-electron chi connectivity index (χ2n) is 7.34. The first-order chi connectivity index (χ1) is 13.6. The molecule has 1 fully saturated rings. The van der Waals surface area contributed by atoms with Gasteiger partial charge in [-0.2, -0.15) is 0 Å². The molecule has 6 heteroatoms. The number of anilines is 1. The van der Waals surface area contributed by atoms with Crippen molar-refractivity contribution in [3.05, 3.63) is 35.9 Å². The molecule has 0 saturated carbocycles. The number of carbonyl (C=O) groups excluding carboxylic acids is 2. The van der Waals surface area contributed by atoms with Gasteiger partial charge in [-0.1, -0.05) is 19.1 Å². The van der Waals surface area contributed by atoms with Crippen molar-refractivity contribution >= 4 is 23.8 Å². The van der Waals surface area contributed by atoms with Crippen molar-refractivity contribution in [2.24, 2.45) is 5.92 Å². The van der Waals surface area contributed by atoms with Gasteiger partial charge in [-0.25, -0.2) is 9.59 Å². The lowest BCUT2D eigenvalue weighted by atomic mass is 10.0. The van der Waals surface area contributed by atoms with Gasteiger partial charge >= 0.3 is 12.0 Å². The average Bonchev–Trinajstić information content (AvgIpc) is 2.67. The molecule has 154 valence electrons. The van der Waals surface area contributed by atoms with Crippen molar-refractivity contribution in [2.75, 3.05) is 38.1 Å². The van der Waals surface area contributed by atoms with Crippen molar-refractivity contribution < 1.29 is 14.3 Å². The molecule has 1 saturated heterocycles. The lowest BCUT2D eigenvalue weighted by molar-refractivity contribution is -0.137. The monoisotopic (exact) mass is 387 g/mol. The van der Waals surface area contributed by atoms with E-state index in [1.165, 1.54) is 32.0 Å². The number of urea groups is 1. The summed E-state index contributed by atoms with van der Waals surface area (Å²) in [6, 6.07) is 7.10. The molecule has 28 heavy (non-hydrogen) atoms. The summed E-state index contributed by atoms with van der Waals surface area (Å²) in [4.78, 5) is 25.8. The molecule has 1 aliphatic rings. The van der Waals surface area contributed by atoms with E-state index in [1.807, 2.05) is 24.3 Å². The van der Waals surface area contributed by atoms with Crippen molar-refractivity contribution in [1.82, 2.24) is 10.2 Å². The fourth-order valence-electron chi connectivity index (χ4n) is 3.36. The van der Waals surface area contributed by atoms with E-state index in [4.69, 9.17) is 4.74 Å². The Labute approximate surface area is 168 Å². The lowest BCUT2D eigenvalue weighted by Gasteiger charge is -2.30. The molecular formula is C22H33N3O3. The Morgan fingerprint density at radius 1 is 1.25 bits per heavy atom. The Kier molecular flexibility index (Phi) is 9.55. The van der Waals surface area contributed by atoms with Crippen LogP contribution in [0.1, 0.15) is 45.1 Å². The third-order valence-electron chi connectivity index (χ3n) is 4.79. The molecular weight excluding hydrogens is 354 g/mol. The number of hydrogen-bond acceptors (Lipinski definition) is 4. The van der Waals surface area contributed by atoms with Crippen molar-refractivity contribution in [2.45, 2.75) is 39.5 Å². The molecule has 1 aromatic carbocycles. The number of hydrogen-bond donors (Lipinski definition) is 2. The van der Waals surface area contributed by atoms with Gasteiger partial charge in [0.25, 0.3) is 0 Å². The zero-order chi connectivity index (χ0) is 20.2. The highest BCUT2D eigenvalue weighted by Gasteiger charge is 2.15. The molecule has 6 nitrogen and oxygen atoms in total. The number of ether oxygens (including phenoxy) is 1. The first-order valence-electron chi connectivity index (χ1n) is 10.3. The standard InChI is InChI=1S/C22H33N3O3/c1-3-28-21(26)13-10-19-8-11-20(12-9-19)24-22(27)23-14-4-5-15-25-16-6-7-18(2)17-25/h8-13,18H,3-7,14-17H2,1-2H3,(H2,23,24,27)/b13-10+. The summed E-state index contributed by atoms with van der Waals surface area (Å²) in [6.45, 7) is 8.67. The predicted molar refractivity (Wildman–Crippen MR) is 113 cm³/mol. The number of esters is 1. The van der Waals surface area contributed by atoms with Crippen LogP contribution in [-0.4, -0.2) is 49.7 Å². The molecule has 1 unspecified atom stereocenters. The summed E-state index contributed by atoms with van der Waals surface area (Å²) in [6.07, 6.45) is 7.82. The number of benzene rings is 1. The van der Waals surface area contributed by atoms with Crippen molar-refractivity contribution in [1.29, 1.82) is 0 Å². The number of piperidine rings is 1. The van der Waals surface area contributed by atoms with Gasteiger partial charge in [0.15, 0.2) is 0 Å². The van der Waals surface area contributed by atoms with Crippen molar-refractivity contribution in [3.8, 4) is 0 Å².